The number of carboxylic acid groups (broad SMARTS) is 1. The Hall–Kier alpha value is -1.10. The molecule has 2 fully saturated rings. The Morgan fingerprint density at radius 2 is 1.95 bits per heavy atom. The van der Waals surface area contributed by atoms with Crippen LogP contribution in [0.2, 0.25) is 0 Å². The maximum Gasteiger partial charge on any atom is 0.323 e. The van der Waals surface area contributed by atoms with Gasteiger partial charge in [-0.05, 0) is 37.0 Å². The van der Waals surface area contributed by atoms with Crippen LogP contribution in [0.25, 0.3) is 0 Å². The number of carbonyl (C=O) groups excluding carboxylic acids is 1. The van der Waals surface area contributed by atoms with Crippen molar-refractivity contribution >= 4 is 11.9 Å². The molecule has 5 heteroatoms. The Morgan fingerprint density at radius 3 is 2.42 bits per heavy atom. The van der Waals surface area contributed by atoms with Gasteiger partial charge in [-0.25, -0.2) is 0 Å². The summed E-state index contributed by atoms with van der Waals surface area (Å²) >= 11 is 0. The van der Waals surface area contributed by atoms with Gasteiger partial charge >= 0.3 is 5.97 Å². The van der Waals surface area contributed by atoms with Crippen molar-refractivity contribution in [1.29, 1.82) is 0 Å². The minimum absolute atomic E-state index is 0.0456. The molecule has 0 aromatic rings. The van der Waals surface area contributed by atoms with Gasteiger partial charge in [0.1, 0.15) is 6.54 Å². The lowest BCUT2D eigenvalue weighted by Crippen LogP contribution is -2.49. The first kappa shape index (κ1) is 14.3. The molecule has 0 heterocycles. The molecule has 5 nitrogen and oxygen atoms in total. The summed E-state index contributed by atoms with van der Waals surface area (Å²) in [7, 11) is 0. The van der Waals surface area contributed by atoms with E-state index in [-0.39, 0.29) is 30.3 Å². The summed E-state index contributed by atoms with van der Waals surface area (Å²) in [5.41, 5.74) is 6.17. The van der Waals surface area contributed by atoms with E-state index in [1.165, 1.54) is 4.90 Å². The number of carbonyl (C=O) groups is 2. The summed E-state index contributed by atoms with van der Waals surface area (Å²) in [6.45, 7) is 4.26. The predicted octanol–water partition coefficient (Wildman–Crippen LogP) is 0.929. The Kier molecular flexibility index (Phi) is 4.13. The molecule has 0 saturated heterocycles. The highest BCUT2D eigenvalue weighted by Gasteiger charge is 2.50. The van der Waals surface area contributed by atoms with E-state index >= 15 is 0 Å². The molecule has 0 aromatic carbocycles. The van der Waals surface area contributed by atoms with Crippen molar-refractivity contribution in [2.75, 3.05) is 13.1 Å². The van der Waals surface area contributed by atoms with Crippen molar-refractivity contribution in [3.63, 3.8) is 0 Å². The molecule has 2 aliphatic carbocycles. The van der Waals surface area contributed by atoms with Gasteiger partial charge in [0.2, 0.25) is 5.91 Å². The smallest absolute Gasteiger partial charge is 0.323 e. The highest BCUT2D eigenvalue weighted by Crippen LogP contribution is 2.48. The number of nitrogens with zero attached hydrogens (tertiary/aromatic N) is 1. The molecule has 2 saturated carbocycles. The standard InChI is InChI=1S/C14H24N2O3/c1-8(2)6-16(7-11(17)18)14(19)12-9-3-4-10(5-9)13(12)15/h8-10,12-13H,3-7,15H2,1-2H3,(H,17,18). The lowest BCUT2D eigenvalue weighted by Gasteiger charge is -2.32. The van der Waals surface area contributed by atoms with E-state index in [0.29, 0.717) is 18.4 Å². The van der Waals surface area contributed by atoms with E-state index in [4.69, 9.17) is 10.8 Å². The van der Waals surface area contributed by atoms with Crippen LogP contribution in [0, 0.1) is 23.7 Å². The molecule has 0 spiro atoms. The highest BCUT2D eigenvalue weighted by molar-refractivity contribution is 5.84. The fraction of sp³-hybridized carbons (Fsp3) is 0.857. The first-order valence-corrected chi connectivity index (χ1v) is 7.16. The maximum absolute atomic E-state index is 12.6. The fourth-order valence-corrected chi connectivity index (χ4v) is 3.75. The van der Waals surface area contributed by atoms with Gasteiger partial charge in [-0.15, -0.1) is 0 Å². The number of amides is 1. The third-order valence-corrected chi connectivity index (χ3v) is 4.49. The second-order valence-electron chi connectivity index (χ2n) is 6.44. The molecule has 4 atom stereocenters. The van der Waals surface area contributed by atoms with E-state index in [1.807, 2.05) is 13.8 Å². The number of rotatable bonds is 5. The summed E-state index contributed by atoms with van der Waals surface area (Å²) in [6, 6.07) is -0.0743. The average Bonchev–Trinajstić information content (AvgIpc) is 2.86. The average molecular weight is 268 g/mol. The third-order valence-electron chi connectivity index (χ3n) is 4.49. The second-order valence-corrected chi connectivity index (χ2v) is 6.44. The molecular formula is C14H24N2O3. The van der Waals surface area contributed by atoms with Crippen molar-refractivity contribution in [2.45, 2.75) is 39.2 Å². The van der Waals surface area contributed by atoms with Gasteiger partial charge in [0.15, 0.2) is 0 Å². The summed E-state index contributed by atoms with van der Waals surface area (Å²) in [5, 5.41) is 8.96. The van der Waals surface area contributed by atoms with E-state index in [9.17, 15) is 9.59 Å². The van der Waals surface area contributed by atoms with Crippen LogP contribution in [-0.2, 0) is 9.59 Å². The Balaban J connectivity index is 2.08. The molecular weight excluding hydrogens is 244 g/mol. The predicted molar refractivity (Wildman–Crippen MR) is 71.4 cm³/mol. The molecule has 1 amide bonds. The van der Waals surface area contributed by atoms with Gasteiger partial charge in [0.25, 0.3) is 0 Å². The zero-order chi connectivity index (χ0) is 14.2. The van der Waals surface area contributed by atoms with Gasteiger partial charge in [-0.2, -0.15) is 0 Å². The molecule has 4 unspecified atom stereocenters. The number of hydrogen-bond acceptors (Lipinski definition) is 3. The van der Waals surface area contributed by atoms with Gasteiger partial charge in [-0.3, -0.25) is 9.59 Å². The van der Waals surface area contributed by atoms with Crippen molar-refractivity contribution in [2.24, 2.45) is 29.4 Å². The molecule has 2 rings (SSSR count). The minimum Gasteiger partial charge on any atom is -0.480 e. The summed E-state index contributed by atoms with van der Waals surface area (Å²) in [6.07, 6.45) is 3.23. The zero-order valence-corrected chi connectivity index (χ0v) is 11.7. The summed E-state index contributed by atoms with van der Waals surface area (Å²) in [4.78, 5) is 25.0. The molecule has 2 bridgehead atoms. The van der Waals surface area contributed by atoms with Gasteiger partial charge in [0, 0.05) is 12.6 Å². The van der Waals surface area contributed by atoms with Crippen LogP contribution in [0.3, 0.4) is 0 Å². The summed E-state index contributed by atoms with van der Waals surface area (Å²) in [5.74, 6) is -0.0582. The monoisotopic (exact) mass is 268 g/mol. The van der Waals surface area contributed by atoms with Crippen LogP contribution < -0.4 is 5.73 Å². The summed E-state index contributed by atoms with van der Waals surface area (Å²) < 4.78 is 0. The zero-order valence-electron chi connectivity index (χ0n) is 11.7. The topological polar surface area (TPSA) is 83.6 Å². The first-order valence-electron chi connectivity index (χ1n) is 7.16. The normalized spacial score (nSPS) is 32.8. The van der Waals surface area contributed by atoms with Crippen LogP contribution in [0.1, 0.15) is 33.1 Å². The van der Waals surface area contributed by atoms with Gasteiger partial charge in [0.05, 0.1) is 5.92 Å². The third kappa shape index (κ3) is 2.91. The molecule has 2 aliphatic rings. The van der Waals surface area contributed by atoms with Crippen molar-refractivity contribution < 1.29 is 14.7 Å². The second kappa shape index (κ2) is 5.49. The molecule has 3 N–H and O–H groups in total. The van der Waals surface area contributed by atoms with Crippen molar-refractivity contribution in [1.82, 2.24) is 4.90 Å². The largest absolute Gasteiger partial charge is 0.480 e. The lowest BCUT2D eigenvalue weighted by atomic mass is 9.84. The fourth-order valence-electron chi connectivity index (χ4n) is 3.75. The quantitative estimate of drug-likeness (QED) is 0.777. The van der Waals surface area contributed by atoms with E-state index in [1.54, 1.807) is 0 Å². The molecule has 0 aromatic heterocycles. The van der Waals surface area contributed by atoms with Crippen LogP contribution in [0.15, 0.2) is 0 Å². The highest BCUT2D eigenvalue weighted by atomic mass is 16.4. The van der Waals surface area contributed by atoms with E-state index in [2.05, 4.69) is 0 Å². The van der Waals surface area contributed by atoms with Crippen molar-refractivity contribution in [3.8, 4) is 0 Å². The lowest BCUT2D eigenvalue weighted by molar-refractivity contribution is -0.147. The Bertz CT molecular complexity index is 368. The SMILES string of the molecule is CC(C)CN(CC(=O)O)C(=O)C1C2CCC(C2)C1N. The van der Waals surface area contributed by atoms with Gasteiger partial charge < -0.3 is 15.7 Å². The van der Waals surface area contributed by atoms with Crippen LogP contribution >= 0.6 is 0 Å². The molecule has 19 heavy (non-hydrogen) atoms. The minimum atomic E-state index is -0.953. The number of carboxylic acids is 1. The Morgan fingerprint density at radius 1 is 1.32 bits per heavy atom. The van der Waals surface area contributed by atoms with E-state index < -0.39 is 5.97 Å². The van der Waals surface area contributed by atoms with Crippen molar-refractivity contribution in [3.05, 3.63) is 0 Å². The number of nitrogens with two attached hydrogens (primary N) is 1. The van der Waals surface area contributed by atoms with Gasteiger partial charge in [-0.1, -0.05) is 13.8 Å². The number of aliphatic carboxylic acids is 1. The van der Waals surface area contributed by atoms with Crippen LogP contribution in [0.4, 0.5) is 0 Å². The molecule has 108 valence electrons. The number of hydrogen-bond donors (Lipinski definition) is 2. The van der Waals surface area contributed by atoms with Crippen LogP contribution in [0.5, 0.6) is 0 Å². The van der Waals surface area contributed by atoms with Crippen LogP contribution in [-0.4, -0.2) is 41.0 Å². The molecule has 0 aliphatic heterocycles. The Labute approximate surface area is 114 Å². The molecule has 0 radical (unpaired) electrons. The van der Waals surface area contributed by atoms with E-state index in [0.717, 1.165) is 19.3 Å². The first-order chi connectivity index (χ1) is 8.90. The maximum atomic E-state index is 12.6. The number of fused-ring (bicyclic) bond motifs is 2.